The van der Waals surface area contributed by atoms with Gasteiger partial charge in [-0.15, -0.1) is 0 Å². The Hall–Kier alpha value is -4.12. The van der Waals surface area contributed by atoms with Gasteiger partial charge in [0.2, 0.25) is 0 Å². The molecule has 0 bridgehead atoms. The van der Waals surface area contributed by atoms with Gasteiger partial charge in [0.15, 0.2) is 17.1 Å². The molecular weight excluding hydrogens is 719 g/mol. The SMILES string of the molecule is CCCCCCCC(=O)Oc1cc2c(cc1Cl)C1(OC(=O)c3cc(C(=O)NCCN(C)C)ccc31)c1cc(Cl)c(OC(=O)CCCCCCC)cc1O2. The zero-order chi connectivity index (χ0) is 38.1. The fourth-order valence-corrected chi connectivity index (χ4v) is 7.01. The summed E-state index contributed by atoms with van der Waals surface area (Å²) in [5, 5.41) is 3.08. The maximum atomic E-state index is 13.8. The number of halogens is 2. The Morgan fingerprint density at radius 3 is 1.77 bits per heavy atom. The predicted octanol–water partition coefficient (Wildman–Crippen LogP) is 9.38. The van der Waals surface area contributed by atoms with Crippen LogP contribution in [0.1, 0.15) is 128 Å². The van der Waals surface area contributed by atoms with Gasteiger partial charge in [0.1, 0.15) is 11.5 Å². The Bertz CT molecular complexity index is 1760. The number of nitrogens with one attached hydrogen (secondary N) is 1. The number of fused-ring (bicyclic) bond motifs is 6. The van der Waals surface area contributed by atoms with Crippen molar-refractivity contribution in [3.05, 3.63) is 80.3 Å². The smallest absolute Gasteiger partial charge is 0.340 e. The summed E-state index contributed by atoms with van der Waals surface area (Å²) >= 11 is 13.5. The third kappa shape index (κ3) is 9.34. The first-order chi connectivity index (χ1) is 25.5. The van der Waals surface area contributed by atoms with E-state index >= 15 is 0 Å². The van der Waals surface area contributed by atoms with Crippen molar-refractivity contribution in [1.82, 2.24) is 10.2 Å². The zero-order valence-corrected chi connectivity index (χ0v) is 32.4. The highest BCUT2D eigenvalue weighted by Crippen LogP contribution is 2.59. The van der Waals surface area contributed by atoms with Gasteiger partial charge in [-0.25, -0.2) is 4.79 Å². The van der Waals surface area contributed by atoms with E-state index in [4.69, 9.17) is 42.1 Å². The molecule has 3 aromatic carbocycles. The molecule has 2 heterocycles. The number of ether oxygens (including phenoxy) is 4. The fourth-order valence-electron chi connectivity index (χ4n) is 6.61. The molecule has 0 radical (unpaired) electrons. The molecule has 0 unspecified atom stereocenters. The number of amides is 1. The lowest BCUT2D eigenvalue weighted by molar-refractivity contribution is -0.135. The summed E-state index contributed by atoms with van der Waals surface area (Å²) in [6.07, 6.45) is 10.2. The molecule has 0 saturated carbocycles. The Labute approximate surface area is 321 Å². The van der Waals surface area contributed by atoms with Crippen molar-refractivity contribution in [2.24, 2.45) is 0 Å². The van der Waals surface area contributed by atoms with Crippen LogP contribution in [-0.2, 0) is 19.9 Å². The van der Waals surface area contributed by atoms with Gasteiger partial charge in [0, 0.05) is 60.3 Å². The molecule has 1 spiro atoms. The van der Waals surface area contributed by atoms with E-state index in [0.29, 0.717) is 42.6 Å². The molecule has 1 N–H and O–H groups in total. The number of esters is 3. The second-order valence-corrected chi connectivity index (χ2v) is 14.6. The van der Waals surface area contributed by atoms with Gasteiger partial charge in [-0.2, -0.15) is 0 Å². The van der Waals surface area contributed by atoms with Crippen molar-refractivity contribution in [3.63, 3.8) is 0 Å². The molecule has 5 rings (SSSR count). The lowest BCUT2D eigenvalue weighted by Crippen LogP contribution is -2.33. The van der Waals surface area contributed by atoms with E-state index in [-0.39, 0.29) is 62.9 Å². The van der Waals surface area contributed by atoms with Crippen LogP contribution in [-0.4, -0.2) is 55.9 Å². The number of hydrogen-bond donors (Lipinski definition) is 1. The molecule has 2 aliphatic heterocycles. The summed E-state index contributed by atoms with van der Waals surface area (Å²) in [5.74, 6) is -1.30. The average molecular weight is 768 g/mol. The number of likely N-dealkylation sites (N-methyl/N-ethyl adjacent to an activating group) is 1. The number of rotatable bonds is 18. The third-order valence-corrected chi connectivity index (χ3v) is 10.0. The fraction of sp³-hybridized carbons (Fsp3) is 0.463. The van der Waals surface area contributed by atoms with E-state index in [9.17, 15) is 19.2 Å². The number of carbonyl (C=O) groups excluding carboxylic acids is 4. The summed E-state index contributed by atoms with van der Waals surface area (Å²) in [7, 11) is 3.81. The molecule has 3 aromatic rings. The van der Waals surface area contributed by atoms with Gasteiger partial charge in [-0.1, -0.05) is 94.5 Å². The summed E-state index contributed by atoms with van der Waals surface area (Å²) in [6.45, 7) is 5.32. The molecule has 0 fully saturated rings. The first kappa shape index (κ1) is 40.1. The maximum absolute atomic E-state index is 13.8. The van der Waals surface area contributed by atoms with E-state index in [2.05, 4.69) is 19.2 Å². The Morgan fingerprint density at radius 1 is 0.736 bits per heavy atom. The van der Waals surface area contributed by atoms with Crippen LogP contribution in [0.2, 0.25) is 10.0 Å². The lowest BCUT2D eigenvalue weighted by atomic mass is 9.77. The van der Waals surface area contributed by atoms with Gasteiger partial charge in [0.25, 0.3) is 5.91 Å². The quantitative estimate of drug-likeness (QED) is 0.0767. The molecule has 0 aliphatic carbocycles. The van der Waals surface area contributed by atoms with E-state index in [1.54, 1.807) is 24.3 Å². The van der Waals surface area contributed by atoms with Crippen LogP contribution in [0.25, 0.3) is 0 Å². The Balaban J connectivity index is 1.52. The summed E-state index contributed by atoms with van der Waals surface area (Å²) in [5.41, 5.74) is -0.0111. The molecule has 284 valence electrons. The van der Waals surface area contributed by atoms with E-state index in [1.807, 2.05) is 19.0 Å². The number of carbonyl (C=O) groups is 4. The van der Waals surface area contributed by atoms with Crippen LogP contribution in [0.4, 0.5) is 0 Å². The third-order valence-electron chi connectivity index (χ3n) is 9.43. The van der Waals surface area contributed by atoms with Gasteiger partial charge < -0.3 is 29.2 Å². The lowest BCUT2D eigenvalue weighted by Gasteiger charge is -2.37. The number of nitrogens with zero attached hydrogens (tertiary/aromatic N) is 1. The van der Waals surface area contributed by atoms with Crippen LogP contribution < -0.4 is 19.5 Å². The van der Waals surface area contributed by atoms with Gasteiger partial charge in [-0.3, -0.25) is 14.4 Å². The van der Waals surface area contributed by atoms with Crippen LogP contribution in [0.5, 0.6) is 23.0 Å². The summed E-state index contributed by atoms with van der Waals surface area (Å²) < 4.78 is 24.1. The van der Waals surface area contributed by atoms with Crippen molar-refractivity contribution < 1.29 is 38.1 Å². The highest BCUT2D eigenvalue weighted by molar-refractivity contribution is 6.33. The van der Waals surface area contributed by atoms with E-state index < -0.39 is 23.5 Å². The molecule has 0 atom stereocenters. The largest absolute Gasteiger partial charge is 0.456 e. The van der Waals surface area contributed by atoms with Gasteiger partial charge >= 0.3 is 17.9 Å². The van der Waals surface area contributed by atoms with Crippen LogP contribution in [0.3, 0.4) is 0 Å². The highest BCUT2D eigenvalue weighted by Gasteiger charge is 2.54. The van der Waals surface area contributed by atoms with Crippen molar-refractivity contribution in [2.75, 3.05) is 27.2 Å². The molecule has 0 saturated heterocycles. The second-order valence-electron chi connectivity index (χ2n) is 13.8. The minimum absolute atomic E-state index is 0.0838. The molecule has 12 heteroatoms. The van der Waals surface area contributed by atoms with Crippen molar-refractivity contribution in [2.45, 2.75) is 96.5 Å². The van der Waals surface area contributed by atoms with Crippen LogP contribution >= 0.6 is 23.2 Å². The monoisotopic (exact) mass is 766 g/mol. The van der Waals surface area contributed by atoms with Crippen molar-refractivity contribution >= 4 is 47.0 Å². The van der Waals surface area contributed by atoms with Crippen LogP contribution in [0.15, 0.2) is 42.5 Å². The molecule has 0 aromatic heterocycles. The summed E-state index contributed by atoms with van der Waals surface area (Å²) in [6, 6.07) is 10.9. The highest BCUT2D eigenvalue weighted by atomic mass is 35.5. The summed E-state index contributed by atoms with van der Waals surface area (Å²) in [4.78, 5) is 54.4. The molecule has 2 aliphatic rings. The number of hydrogen-bond acceptors (Lipinski definition) is 9. The van der Waals surface area contributed by atoms with E-state index in [1.165, 1.54) is 18.2 Å². The molecule has 53 heavy (non-hydrogen) atoms. The normalized spacial score (nSPS) is 13.5. The van der Waals surface area contributed by atoms with Crippen molar-refractivity contribution in [3.8, 4) is 23.0 Å². The Morgan fingerprint density at radius 2 is 1.26 bits per heavy atom. The van der Waals surface area contributed by atoms with Gasteiger partial charge in [-0.05, 0) is 51.2 Å². The standard InChI is InChI=1S/C41H48Cl2N2O8/c1-5-7-9-11-13-15-37(46)51-35-24-33-29(22-31(35)42)41(28-18-17-26(21-27(28)40(49)53-41)39(48)44-19-20-45(3)4)30-23-32(43)36(25-34(30)50-33)52-38(47)16-14-12-10-8-6-2/h17-18,21-25H,5-16,19-20H2,1-4H3,(H,44,48). The predicted molar refractivity (Wildman–Crippen MR) is 204 cm³/mol. The minimum atomic E-state index is -1.62. The van der Waals surface area contributed by atoms with E-state index in [0.717, 1.165) is 51.4 Å². The molecular formula is C41H48Cl2N2O8. The van der Waals surface area contributed by atoms with Gasteiger partial charge in [0.05, 0.1) is 15.6 Å². The topological polar surface area (TPSA) is 120 Å². The zero-order valence-electron chi connectivity index (χ0n) is 30.9. The van der Waals surface area contributed by atoms with Crippen LogP contribution in [0, 0.1) is 0 Å². The maximum Gasteiger partial charge on any atom is 0.340 e. The molecule has 1 amide bonds. The second kappa shape index (κ2) is 18.3. The first-order valence-electron chi connectivity index (χ1n) is 18.6. The Kier molecular flexibility index (Phi) is 13.8. The first-order valence-corrected chi connectivity index (χ1v) is 19.3. The average Bonchev–Trinajstić information content (AvgIpc) is 3.41. The van der Waals surface area contributed by atoms with Crippen molar-refractivity contribution in [1.29, 1.82) is 0 Å². The number of benzene rings is 3. The minimum Gasteiger partial charge on any atom is -0.456 e. The molecule has 10 nitrogen and oxygen atoms in total. The number of unbranched alkanes of at least 4 members (excludes halogenated alkanes) is 8.